The van der Waals surface area contributed by atoms with E-state index in [-0.39, 0.29) is 11.8 Å². The monoisotopic (exact) mass is 484 g/mol. The first-order valence-electron chi connectivity index (χ1n) is 11.5. The molecule has 8 heteroatoms. The molecular weight excluding hydrogens is 456 g/mol. The minimum Gasteiger partial charge on any atom is -0.465 e. The van der Waals surface area contributed by atoms with Crippen LogP contribution in [0.2, 0.25) is 0 Å². The van der Waals surface area contributed by atoms with Gasteiger partial charge in [0, 0.05) is 24.8 Å². The number of rotatable bonds is 7. The molecule has 1 atom stereocenters. The number of hydrogen-bond donors (Lipinski definition) is 2. The Morgan fingerprint density at radius 1 is 1.03 bits per heavy atom. The largest absolute Gasteiger partial charge is 0.465 e. The number of amides is 2. The number of esters is 1. The number of carbonyl (C=O) groups is 3. The maximum atomic E-state index is 13.2. The fraction of sp³-hybridized carbons (Fsp3) is 0.214. The Labute approximate surface area is 210 Å². The maximum Gasteiger partial charge on any atom is 0.337 e. The summed E-state index contributed by atoms with van der Waals surface area (Å²) in [6.45, 7) is 2.11. The molecule has 0 aliphatic carbocycles. The van der Waals surface area contributed by atoms with E-state index in [4.69, 9.17) is 9.73 Å². The highest BCUT2D eigenvalue weighted by Crippen LogP contribution is 2.37. The molecule has 3 aromatic rings. The number of carbonyl (C=O) groups excluding carboxylic acids is 3. The highest BCUT2D eigenvalue weighted by atomic mass is 16.5. The molecule has 0 spiro atoms. The van der Waals surface area contributed by atoms with Crippen LogP contribution in [0.5, 0.6) is 0 Å². The number of aliphatic imine (C=N–C) groups is 1. The van der Waals surface area contributed by atoms with Gasteiger partial charge in [0.2, 0.25) is 11.8 Å². The van der Waals surface area contributed by atoms with Gasteiger partial charge in [-0.15, -0.1) is 0 Å². The number of benzene rings is 3. The molecule has 1 unspecified atom stereocenters. The molecule has 0 aromatic heterocycles. The lowest BCUT2D eigenvalue weighted by Gasteiger charge is -2.17. The second-order valence-corrected chi connectivity index (χ2v) is 8.84. The van der Waals surface area contributed by atoms with E-state index in [9.17, 15) is 14.4 Å². The summed E-state index contributed by atoms with van der Waals surface area (Å²) in [7, 11) is 5.23. The number of hydrogen-bond acceptors (Lipinski definition) is 6. The maximum absolute atomic E-state index is 13.2. The van der Waals surface area contributed by atoms with E-state index in [1.807, 2.05) is 67.5 Å². The van der Waals surface area contributed by atoms with Gasteiger partial charge in [-0.2, -0.15) is 0 Å². The van der Waals surface area contributed by atoms with Crippen molar-refractivity contribution in [2.24, 2.45) is 4.99 Å². The molecule has 4 rings (SSSR count). The average Bonchev–Trinajstić information content (AvgIpc) is 3.18. The Balaban J connectivity index is 1.83. The van der Waals surface area contributed by atoms with E-state index in [2.05, 4.69) is 10.6 Å². The predicted molar refractivity (Wildman–Crippen MR) is 140 cm³/mol. The zero-order valence-corrected chi connectivity index (χ0v) is 20.7. The number of ether oxygens (including phenoxy) is 1. The summed E-state index contributed by atoms with van der Waals surface area (Å²) in [5, 5.41) is 5.77. The third-order valence-corrected chi connectivity index (χ3v) is 5.79. The van der Waals surface area contributed by atoms with Crippen LogP contribution in [0, 0.1) is 0 Å². The number of fused-ring (bicyclic) bond motifs is 1. The van der Waals surface area contributed by atoms with Gasteiger partial charge >= 0.3 is 5.97 Å². The Morgan fingerprint density at radius 3 is 2.44 bits per heavy atom. The molecule has 1 aliphatic heterocycles. The first-order chi connectivity index (χ1) is 17.3. The lowest BCUT2D eigenvalue weighted by atomic mass is 9.90. The van der Waals surface area contributed by atoms with E-state index in [1.165, 1.54) is 14.0 Å². The highest BCUT2D eigenvalue weighted by Gasteiger charge is 2.36. The van der Waals surface area contributed by atoms with E-state index in [0.29, 0.717) is 34.9 Å². The molecule has 0 saturated heterocycles. The van der Waals surface area contributed by atoms with E-state index >= 15 is 0 Å². The first kappa shape index (κ1) is 24.8. The molecule has 1 aliphatic rings. The summed E-state index contributed by atoms with van der Waals surface area (Å²) in [5.74, 6) is -1.57. The van der Waals surface area contributed by atoms with Gasteiger partial charge in [-0.25, -0.2) is 4.79 Å². The van der Waals surface area contributed by atoms with Crippen molar-refractivity contribution in [3.63, 3.8) is 0 Å². The second-order valence-electron chi connectivity index (χ2n) is 8.84. The van der Waals surface area contributed by atoms with Crippen LogP contribution in [-0.2, 0) is 20.9 Å². The fourth-order valence-electron chi connectivity index (χ4n) is 4.24. The Hall–Kier alpha value is -4.30. The molecule has 0 saturated carbocycles. The molecule has 0 fully saturated rings. The first-order valence-corrected chi connectivity index (χ1v) is 11.5. The molecule has 0 radical (unpaired) electrons. The van der Waals surface area contributed by atoms with Gasteiger partial charge in [-0.3, -0.25) is 14.6 Å². The number of nitrogens with zero attached hydrogens (tertiary/aromatic N) is 2. The highest BCUT2D eigenvalue weighted by molar-refractivity contribution is 6.24. The summed E-state index contributed by atoms with van der Waals surface area (Å²) in [5.41, 5.74) is 5.21. The molecule has 0 bridgehead atoms. The number of methoxy groups -OCH3 is 1. The Morgan fingerprint density at radius 2 is 1.78 bits per heavy atom. The molecule has 3 aromatic carbocycles. The van der Waals surface area contributed by atoms with Crippen molar-refractivity contribution in [1.82, 2.24) is 4.90 Å². The van der Waals surface area contributed by atoms with Crippen LogP contribution < -0.4 is 10.6 Å². The van der Waals surface area contributed by atoms with Gasteiger partial charge in [-0.05, 0) is 55.1 Å². The van der Waals surface area contributed by atoms with E-state index in [0.717, 1.165) is 16.7 Å². The van der Waals surface area contributed by atoms with Crippen LogP contribution in [0.1, 0.15) is 39.9 Å². The summed E-state index contributed by atoms with van der Waals surface area (Å²) in [4.78, 5) is 44.0. The van der Waals surface area contributed by atoms with Crippen molar-refractivity contribution in [3.8, 4) is 0 Å². The lowest BCUT2D eigenvalue weighted by molar-refractivity contribution is -0.116. The Bertz CT molecular complexity index is 1350. The van der Waals surface area contributed by atoms with Gasteiger partial charge in [0.05, 0.1) is 24.1 Å². The quantitative estimate of drug-likeness (QED) is 0.384. The summed E-state index contributed by atoms with van der Waals surface area (Å²) >= 11 is 0. The third-order valence-electron chi connectivity index (χ3n) is 5.79. The van der Waals surface area contributed by atoms with Crippen LogP contribution in [0.4, 0.5) is 17.1 Å². The fourth-order valence-corrected chi connectivity index (χ4v) is 4.24. The van der Waals surface area contributed by atoms with Gasteiger partial charge < -0.3 is 20.3 Å². The van der Waals surface area contributed by atoms with Crippen LogP contribution in [0.3, 0.4) is 0 Å². The SMILES string of the molecule is COC(=O)c1ccc2c(c1)NC(=O)C2C(=Nc1ccc(CN(C)C)c(NC(C)=O)c1)c1ccccc1. The van der Waals surface area contributed by atoms with Crippen molar-refractivity contribution in [2.45, 2.75) is 19.4 Å². The van der Waals surface area contributed by atoms with Crippen molar-refractivity contribution in [2.75, 3.05) is 31.8 Å². The lowest BCUT2D eigenvalue weighted by Crippen LogP contribution is -2.22. The molecule has 184 valence electrons. The summed E-state index contributed by atoms with van der Waals surface area (Å²) in [6.07, 6.45) is 0. The minimum absolute atomic E-state index is 0.176. The summed E-state index contributed by atoms with van der Waals surface area (Å²) < 4.78 is 4.81. The zero-order valence-electron chi connectivity index (χ0n) is 20.7. The Kier molecular flexibility index (Phi) is 7.26. The molecule has 36 heavy (non-hydrogen) atoms. The second kappa shape index (κ2) is 10.5. The summed E-state index contributed by atoms with van der Waals surface area (Å²) in [6, 6.07) is 20.1. The molecule has 2 N–H and O–H groups in total. The van der Waals surface area contributed by atoms with Gasteiger partial charge in [-0.1, -0.05) is 42.5 Å². The standard InChI is InChI=1S/C28H28N4O4/c1-17(33)29-23-15-21(12-10-20(23)16-32(2)3)30-26(18-8-6-5-7-9-18)25-22-13-11-19(28(35)36-4)14-24(22)31-27(25)34/h5-15,25H,16H2,1-4H3,(H,29,33)(H,31,34). The van der Waals surface area contributed by atoms with Crippen molar-refractivity contribution < 1.29 is 19.1 Å². The predicted octanol–water partition coefficient (Wildman–Crippen LogP) is 4.35. The smallest absolute Gasteiger partial charge is 0.337 e. The normalized spacial score (nSPS) is 14.9. The van der Waals surface area contributed by atoms with Crippen molar-refractivity contribution in [3.05, 3.63) is 89.0 Å². The zero-order chi connectivity index (χ0) is 25.8. The number of nitrogens with one attached hydrogen (secondary N) is 2. The molecule has 1 heterocycles. The van der Waals surface area contributed by atoms with Crippen LogP contribution >= 0.6 is 0 Å². The minimum atomic E-state index is -0.681. The topological polar surface area (TPSA) is 100 Å². The third kappa shape index (κ3) is 5.34. The average molecular weight is 485 g/mol. The number of anilines is 2. The van der Waals surface area contributed by atoms with Gasteiger partial charge in [0.1, 0.15) is 5.92 Å². The van der Waals surface area contributed by atoms with Crippen LogP contribution in [-0.4, -0.2) is 49.6 Å². The van der Waals surface area contributed by atoms with E-state index in [1.54, 1.807) is 18.2 Å². The van der Waals surface area contributed by atoms with Crippen molar-refractivity contribution in [1.29, 1.82) is 0 Å². The van der Waals surface area contributed by atoms with Gasteiger partial charge in [0.15, 0.2) is 0 Å². The van der Waals surface area contributed by atoms with Crippen LogP contribution in [0.25, 0.3) is 0 Å². The van der Waals surface area contributed by atoms with Crippen molar-refractivity contribution >= 4 is 40.6 Å². The van der Waals surface area contributed by atoms with Crippen LogP contribution in [0.15, 0.2) is 71.7 Å². The molecular formula is C28H28N4O4. The van der Waals surface area contributed by atoms with E-state index < -0.39 is 11.9 Å². The molecule has 2 amide bonds. The molecule has 8 nitrogen and oxygen atoms in total. The van der Waals surface area contributed by atoms with Gasteiger partial charge in [0.25, 0.3) is 0 Å².